The molecule has 0 aliphatic carbocycles. The highest BCUT2D eigenvalue weighted by molar-refractivity contribution is 9.10. The van der Waals surface area contributed by atoms with Crippen LogP contribution in [0.5, 0.6) is 0 Å². The molecule has 0 aliphatic rings. The first-order chi connectivity index (χ1) is 9.52. The predicted molar refractivity (Wildman–Crippen MR) is 78.7 cm³/mol. The molecule has 2 rings (SSSR count). The molecule has 0 atom stereocenters. The highest BCUT2D eigenvalue weighted by Crippen LogP contribution is 2.32. The molecule has 0 aliphatic heterocycles. The molecule has 9 heteroatoms. The first kappa shape index (κ1) is 14.2. The Balaban J connectivity index is 2.48. The lowest BCUT2D eigenvalue weighted by Gasteiger charge is -2.10. The van der Waals surface area contributed by atoms with Gasteiger partial charge in [-0.25, -0.2) is 15.8 Å². The van der Waals surface area contributed by atoms with Gasteiger partial charge in [-0.2, -0.15) is 0 Å². The number of hydrazine groups is 1. The number of nitrogens with two attached hydrogens (primary N) is 1. The molecule has 0 fully saturated rings. The molecule has 8 nitrogen and oxygen atoms in total. The van der Waals surface area contributed by atoms with E-state index in [1.54, 1.807) is 6.07 Å². The number of rotatable bonds is 4. The van der Waals surface area contributed by atoms with Gasteiger partial charge in [-0.15, -0.1) is 0 Å². The highest BCUT2D eigenvalue weighted by atomic mass is 79.9. The van der Waals surface area contributed by atoms with Crippen LogP contribution >= 0.6 is 15.9 Å². The number of anilines is 3. The van der Waals surface area contributed by atoms with E-state index in [4.69, 9.17) is 5.84 Å². The van der Waals surface area contributed by atoms with Crippen LogP contribution in [0.4, 0.5) is 23.0 Å². The van der Waals surface area contributed by atoms with Gasteiger partial charge in [-0.05, 0) is 24.6 Å². The van der Waals surface area contributed by atoms with Gasteiger partial charge in [0.1, 0.15) is 6.33 Å². The lowest BCUT2D eigenvalue weighted by atomic mass is 10.2. The fraction of sp³-hybridized carbons (Fsp3) is 0.0909. The molecule has 0 amide bonds. The van der Waals surface area contributed by atoms with E-state index < -0.39 is 4.92 Å². The quantitative estimate of drug-likeness (QED) is 0.445. The second-order valence-corrected chi connectivity index (χ2v) is 4.82. The molecule has 0 spiro atoms. The predicted octanol–water partition coefficient (Wildman–Crippen LogP) is 2.48. The van der Waals surface area contributed by atoms with Crippen molar-refractivity contribution in [1.82, 2.24) is 9.97 Å². The third-order valence-electron chi connectivity index (χ3n) is 2.59. The van der Waals surface area contributed by atoms with Gasteiger partial charge in [-0.3, -0.25) is 10.1 Å². The van der Waals surface area contributed by atoms with Crippen molar-refractivity contribution < 1.29 is 4.92 Å². The number of hydrogen-bond acceptors (Lipinski definition) is 7. The fourth-order valence-electron chi connectivity index (χ4n) is 1.61. The molecular weight excluding hydrogens is 328 g/mol. The molecule has 0 unspecified atom stereocenters. The van der Waals surface area contributed by atoms with Crippen molar-refractivity contribution in [2.75, 3.05) is 10.7 Å². The number of nitro groups is 1. The molecule has 20 heavy (non-hydrogen) atoms. The number of nitrogens with one attached hydrogen (secondary N) is 2. The third kappa shape index (κ3) is 2.83. The molecule has 1 heterocycles. The van der Waals surface area contributed by atoms with Gasteiger partial charge < -0.3 is 10.7 Å². The van der Waals surface area contributed by atoms with Gasteiger partial charge in [-0.1, -0.05) is 22.0 Å². The number of hydrogen-bond donors (Lipinski definition) is 3. The number of nitrogens with zero attached hydrogens (tertiary/aromatic N) is 3. The second-order valence-electron chi connectivity index (χ2n) is 3.91. The maximum atomic E-state index is 11.1. The van der Waals surface area contributed by atoms with E-state index in [2.05, 4.69) is 36.6 Å². The Morgan fingerprint density at radius 3 is 2.70 bits per heavy atom. The molecular formula is C11H11BrN6O2. The van der Waals surface area contributed by atoms with Crippen LogP contribution in [0.3, 0.4) is 0 Å². The smallest absolute Gasteiger partial charge is 0.334 e. The zero-order valence-electron chi connectivity index (χ0n) is 10.4. The van der Waals surface area contributed by atoms with Crippen LogP contribution in [0, 0.1) is 17.0 Å². The fourth-order valence-corrected chi connectivity index (χ4v) is 1.97. The van der Waals surface area contributed by atoms with Gasteiger partial charge in [0.2, 0.25) is 11.6 Å². The maximum Gasteiger partial charge on any atom is 0.354 e. The number of halogens is 1. The minimum Gasteiger partial charge on any atom is -0.334 e. The summed E-state index contributed by atoms with van der Waals surface area (Å²) in [5.74, 6) is 5.24. The Morgan fingerprint density at radius 1 is 1.35 bits per heavy atom. The number of aromatic nitrogens is 2. The SMILES string of the molecule is Cc1ccc(Br)cc1Nc1ncnc(NN)c1[N+](=O)[O-]. The van der Waals surface area contributed by atoms with Crippen molar-refractivity contribution >= 4 is 38.9 Å². The van der Waals surface area contributed by atoms with Crippen LogP contribution in [-0.4, -0.2) is 14.9 Å². The molecule has 4 N–H and O–H groups in total. The van der Waals surface area contributed by atoms with E-state index in [9.17, 15) is 10.1 Å². The summed E-state index contributed by atoms with van der Waals surface area (Å²) in [5, 5.41) is 14.0. The molecule has 1 aromatic heterocycles. The van der Waals surface area contributed by atoms with Gasteiger partial charge in [0.05, 0.1) is 4.92 Å². The van der Waals surface area contributed by atoms with Crippen molar-refractivity contribution in [1.29, 1.82) is 0 Å². The zero-order chi connectivity index (χ0) is 14.7. The van der Waals surface area contributed by atoms with E-state index in [0.717, 1.165) is 10.0 Å². The standard InChI is InChI=1S/C11H11BrN6O2/c1-6-2-3-7(12)4-8(6)16-10-9(18(19)20)11(17-13)15-5-14-10/h2-5H,13H2,1H3,(H2,14,15,16,17). The van der Waals surface area contributed by atoms with Gasteiger partial charge in [0.25, 0.3) is 0 Å². The Kier molecular flexibility index (Phi) is 4.11. The maximum absolute atomic E-state index is 11.1. The Hall–Kier alpha value is -2.26. The highest BCUT2D eigenvalue weighted by Gasteiger charge is 2.22. The molecule has 0 bridgehead atoms. The van der Waals surface area contributed by atoms with Crippen LogP contribution in [0.2, 0.25) is 0 Å². The van der Waals surface area contributed by atoms with Crippen molar-refractivity contribution in [3.05, 3.63) is 44.7 Å². The first-order valence-corrected chi connectivity index (χ1v) is 6.31. The van der Waals surface area contributed by atoms with Gasteiger partial charge >= 0.3 is 5.69 Å². The summed E-state index contributed by atoms with van der Waals surface area (Å²) in [6.07, 6.45) is 1.19. The van der Waals surface area contributed by atoms with Gasteiger partial charge in [0.15, 0.2) is 0 Å². The lowest BCUT2D eigenvalue weighted by molar-refractivity contribution is -0.383. The third-order valence-corrected chi connectivity index (χ3v) is 3.09. The van der Waals surface area contributed by atoms with E-state index in [1.165, 1.54) is 6.33 Å². The molecule has 0 radical (unpaired) electrons. The topological polar surface area (TPSA) is 119 Å². The van der Waals surface area contributed by atoms with Crippen LogP contribution in [0.25, 0.3) is 0 Å². The summed E-state index contributed by atoms with van der Waals surface area (Å²) < 4.78 is 0.847. The largest absolute Gasteiger partial charge is 0.354 e. The number of nitrogen functional groups attached to an aromatic ring is 1. The summed E-state index contributed by atoms with van der Waals surface area (Å²) in [4.78, 5) is 18.2. The van der Waals surface area contributed by atoms with Crippen LogP contribution in [-0.2, 0) is 0 Å². The summed E-state index contributed by atoms with van der Waals surface area (Å²) in [7, 11) is 0. The minimum absolute atomic E-state index is 0.0554. The molecule has 104 valence electrons. The van der Waals surface area contributed by atoms with Crippen molar-refractivity contribution in [2.45, 2.75) is 6.92 Å². The minimum atomic E-state index is -0.592. The Morgan fingerprint density at radius 2 is 2.05 bits per heavy atom. The Bertz CT molecular complexity index is 663. The number of aryl methyl sites for hydroxylation is 1. The average molecular weight is 339 g/mol. The normalized spacial score (nSPS) is 10.2. The van der Waals surface area contributed by atoms with E-state index >= 15 is 0 Å². The molecule has 1 aromatic carbocycles. The monoisotopic (exact) mass is 338 g/mol. The van der Waals surface area contributed by atoms with Crippen LogP contribution < -0.4 is 16.6 Å². The van der Waals surface area contributed by atoms with Gasteiger partial charge in [0, 0.05) is 10.2 Å². The second kappa shape index (κ2) is 5.80. The van der Waals surface area contributed by atoms with E-state index in [-0.39, 0.29) is 17.3 Å². The Labute approximate surface area is 122 Å². The van der Waals surface area contributed by atoms with Crippen LogP contribution in [0.1, 0.15) is 5.56 Å². The van der Waals surface area contributed by atoms with Crippen LogP contribution in [0.15, 0.2) is 29.0 Å². The summed E-state index contributed by atoms with van der Waals surface area (Å²) in [6.45, 7) is 1.88. The average Bonchev–Trinajstić information content (AvgIpc) is 2.42. The molecule has 0 saturated carbocycles. The zero-order valence-corrected chi connectivity index (χ0v) is 12.0. The summed E-state index contributed by atoms with van der Waals surface area (Å²) in [5.41, 5.74) is 3.49. The molecule has 2 aromatic rings. The lowest BCUT2D eigenvalue weighted by Crippen LogP contribution is -2.13. The molecule has 0 saturated heterocycles. The van der Waals surface area contributed by atoms with Crippen molar-refractivity contribution in [3.8, 4) is 0 Å². The van der Waals surface area contributed by atoms with Crippen molar-refractivity contribution in [3.63, 3.8) is 0 Å². The van der Waals surface area contributed by atoms with Crippen molar-refractivity contribution in [2.24, 2.45) is 5.84 Å². The van der Waals surface area contributed by atoms with E-state index in [0.29, 0.717) is 5.69 Å². The first-order valence-electron chi connectivity index (χ1n) is 5.52. The number of benzene rings is 1. The summed E-state index contributed by atoms with van der Waals surface area (Å²) >= 11 is 3.35. The summed E-state index contributed by atoms with van der Waals surface area (Å²) in [6, 6.07) is 5.56. The van der Waals surface area contributed by atoms with E-state index in [1.807, 2.05) is 19.1 Å².